The van der Waals surface area contributed by atoms with Crippen LogP contribution in [-0.2, 0) is 43.9 Å². The molecular formula is C34H60OY-2. The van der Waals surface area contributed by atoms with Gasteiger partial charge in [0.2, 0.25) is 0 Å². The number of hydrogen-bond acceptors (Lipinski definition) is 1. The van der Waals surface area contributed by atoms with Crippen molar-refractivity contribution in [1.82, 2.24) is 0 Å². The molecule has 2 rings (SSSR count). The minimum atomic E-state index is 0. The van der Waals surface area contributed by atoms with E-state index in [4.69, 9.17) is 0 Å². The van der Waals surface area contributed by atoms with Gasteiger partial charge in [0, 0.05) is 39.1 Å². The molecule has 1 aliphatic carbocycles. The first-order valence-corrected chi connectivity index (χ1v) is 14.1. The first kappa shape index (κ1) is 40.1. The molecule has 0 spiro atoms. The van der Waals surface area contributed by atoms with E-state index >= 15 is 0 Å². The summed E-state index contributed by atoms with van der Waals surface area (Å²) < 4.78 is 0. The van der Waals surface area contributed by atoms with Gasteiger partial charge in [0.1, 0.15) is 5.78 Å². The Hall–Kier alpha value is -0.396. The number of Topliss-reactive ketones (excluding diaryl/α,β-unsaturated/α-hetero) is 1. The minimum Gasteiger partial charge on any atom is -0.358 e. The largest absolute Gasteiger partial charge is 0.358 e. The molecule has 2 unspecified atom stereocenters. The third-order valence-corrected chi connectivity index (χ3v) is 7.04. The molecule has 1 aromatic carbocycles. The molecule has 2 atom stereocenters. The number of allylic oxidation sites excluding steroid dienone is 1. The molecule has 0 aromatic heterocycles. The molecule has 1 saturated carbocycles. The van der Waals surface area contributed by atoms with Gasteiger partial charge in [0.05, 0.1) is 0 Å². The van der Waals surface area contributed by atoms with Gasteiger partial charge in [-0.15, -0.1) is 18.7 Å². The van der Waals surface area contributed by atoms with E-state index in [1.807, 2.05) is 26.0 Å². The van der Waals surface area contributed by atoms with E-state index in [1.165, 1.54) is 81.8 Å². The Bertz CT molecular complexity index is 652. The van der Waals surface area contributed by atoms with E-state index in [9.17, 15) is 4.79 Å². The quantitative estimate of drug-likeness (QED) is 0.190. The molecule has 0 heterocycles. The molecule has 0 N–H and O–H groups in total. The molecule has 1 fully saturated rings. The van der Waals surface area contributed by atoms with Crippen molar-refractivity contribution in [3.8, 4) is 0 Å². The van der Waals surface area contributed by atoms with Crippen molar-refractivity contribution < 1.29 is 37.5 Å². The topological polar surface area (TPSA) is 17.1 Å². The summed E-state index contributed by atoms with van der Waals surface area (Å²) in [4.78, 5) is 11.7. The Balaban J connectivity index is -0.000000603. The van der Waals surface area contributed by atoms with Gasteiger partial charge < -0.3 is 12.2 Å². The summed E-state index contributed by atoms with van der Waals surface area (Å²) in [6.07, 6.45) is 16.8. The Morgan fingerprint density at radius 2 is 1.56 bits per heavy atom. The van der Waals surface area contributed by atoms with E-state index in [0.29, 0.717) is 5.78 Å². The molecule has 207 valence electrons. The zero-order chi connectivity index (χ0) is 26.0. The number of carbonyl (C=O) groups is 1. The van der Waals surface area contributed by atoms with Gasteiger partial charge in [-0.3, -0.25) is 0 Å². The molecule has 0 amide bonds. The monoisotopic (exact) mass is 573 g/mol. The Morgan fingerprint density at radius 3 is 1.97 bits per heavy atom. The molecule has 1 radical (unpaired) electrons. The molecule has 36 heavy (non-hydrogen) atoms. The Kier molecular flexibility index (Phi) is 26.4. The first-order chi connectivity index (χ1) is 16.0. The van der Waals surface area contributed by atoms with Crippen LogP contribution in [0.5, 0.6) is 0 Å². The van der Waals surface area contributed by atoms with Gasteiger partial charge in [-0.2, -0.15) is 24.6 Å². The Labute approximate surface area is 253 Å². The van der Waals surface area contributed by atoms with Gasteiger partial charge in [-0.05, 0) is 63.7 Å². The van der Waals surface area contributed by atoms with Crippen LogP contribution in [0.4, 0.5) is 0 Å². The smallest absolute Gasteiger partial charge is 0.130 e. The first-order valence-electron chi connectivity index (χ1n) is 14.1. The maximum Gasteiger partial charge on any atom is 0.130 e. The molecule has 0 saturated heterocycles. The van der Waals surface area contributed by atoms with Crippen molar-refractivity contribution >= 4 is 5.78 Å². The van der Waals surface area contributed by atoms with Crippen LogP contribution in [0.1, 0.15) is 137 Å². The number of rotatable bonds is 11. The number of aryl methyl sites for hydroxylation is 1. The maximum atomic E-state index is 11.7. The average Bonchev–Trinajstić information content (AvgIpc) is 2.77. The van der Waals surface area contributed by atoms with Crippen LogP contribution in [0, 0.1) is 31.6 Å². The number of hydrogen-bond donors (Lipinski definition) is 0. The van der Waals surface area contributed by atoms with E-state index < -0.39 is 0 Å². The second-order valence-corrected chi connectivity index (χ2v) is 11.4. The van der Waals surface area contributed by atoms with E-state index in [1.54, 1.807) is 6.92 Å². The molecule has 1 nitrogen and oxygen atoms in total. The molecule has 1 aromatic rings. The summed E-state index contributed by atoms with van der Waals surface area (Å²) in [5.41, 5.74) is 3.89. The predicted octanol–water partition coefficient (Wildman–Crippen LogP) is 11.0. The summed E-state index contributed by atoms with van der Waals surface area (Å²) in [7, 11) is 0. The van der Waals surface area contributed by atoms with Crippen molar-refractivity contribution in [2.24, 2.45) is 17.3 Å². The third kappa shape index (κ3) is 21.7. The average molecular weight is 574 g/mol. The van der Waals surface area contributed by atoms with Crippen LogP contribution in [0.15, 0.2) is 36.4 Å². The predicted molar refractivity (Wildman–Crippen MR) is 160 cm³/mol. The normalized spacial score (nSPS) is 15.3. The number of benzene rings is 1. The number of ketones is 1. The van der Waals surface area contributed by atoms with Gasteiger partial charge in [-0.25, -0.2) is 0 Å². The molecule has 0 aliphatic heterocycles. The second kappa shape index (κ2) is 23.7. The maximum absolute atomic E-state index is 11.7. The van der Waals surface area contributed by atoms with Gasteiger partial charge in [-0.1, -0.05) is 90.2 Å². The third-order valence-electron chi connectivity index (χ3n) is 7.04. The zero-order valence-electron chi connectivity index (χ0n) is 25.6. The van der Waals surface area contributed by atoms with Crippen LogP contribution >= 0.6 is 0 Å². The van der Waals surface area contributed by atoms with Crippen molar-refractivity contribution in [2.45, 2.75) is 132 Å². The van der Waals surface area contributed by atoms with Crippen molar-refractivity contribution in [3.05, 3.63) is 61.9 Å². The number of carbonyl (C=O) groups excluding carboxylic acids is 1. The molecule has 1 aliphatic rings. The van der Waals surface area contributed by atoms with Gasteiger partial charge in [0.25, 0.3) is 0 Å². The Morgan fingerprint density at radius 1 is 1.03 bits per heavy atom. The molecular weight excluding hydrogens is 513 g/mol. The summed E-state index contributed by atoms with van der Waals surface area (Å²) >= 11 is 0. The van der Waals surface area contributed by atoms with Crippen LogP contribution in [0.2, 0.25) is 0 Å². The fourth-order valence-electron chi connectivity index (χ4n) is 5.24. The summed E-state index contributed by atoms with van der Waals surface area (Å²) in [6.45, 7) is 22.2. The van der Waals surface area contributed by atoms with Crippen molar-refractivity contribution in [3.63, 3.8) is 0 Å². The zero-order valence-corrected chi connectivity index (χ0v) is 28.4. The van der Waals surface area contributed by atoms with E-state index in [0.717, 1.165) is 30.2 Å². The standard InChI is InChI=1S/C20H38O.C9H11.C4H8.CH3.Y/c1-5-10-18(6-2)13-14-20(4,15-17(3)21)16-19-11-8-7-9-12-19;1-3-9-6-4-8(2)5-7-9;1-4(2)3;;/h18-19H,5-16H2,1-4H3;4-7H,2-3H2,1H3;1H2,2-3H3;1H3;/q;-1;;-1;. The SMILES string of the molecule is C=C(C)C.CCCC(CC)CCC(C)(CC(C)=O)CC1CCCCC1.[CH2-]c1ccc(CC)cc1.[CH3-].[Y]. The summed E-state index contributed by atoms with van der Waals surface area (Å²) in [5.74, 6) is 2.14. The van der Waals surface area contributed by atoms with E-state index in [2.05, 4.69) is 53.3 Å². The van der Waals surface area contributed by atoms with Gasteiger partial charge in [0.15, 0.2) is 0 Å². The van der Waals surface area contributed by atoms with Crippen molar-refractivity contribution in [2.75, 3.05) is 0 Å². The summed E-state index contributed by atoms with van der Waals surface area (Å²) in [6, 6.07) is 8.31. The van der Waals surface area contributed by atoms with Crippen LogP contribution < -0.4 is 0 Å². The van der Waals surface area contributed by atoms with Crippen molar-refractivity contribution in [1.29, 1.82) is 0 Å². The second-order valence-electron chi connectivity index (χ2n) is 11.4. The van der Waals surface area contributed by atoms with Crippen LogP contribution in [-0.4, -0.2) is 5.78 Å². The van der Waals surface area contributed by atoms with E-state index in [-0.39, 0.29) is 45.6 Å². The fraction of sp³-hybridized carbons (Fsp3) is 0.676. The minimum absolute atomic E-state index is 0. The van der Waals surface area contributed by atoms with Crippen LogP contribution in [0.25, 0.3) is 0 Å². The summed E-state index contributed by atoms with van der Waals surface area (Å²) in [5, 5.41) is 0. The molecule has 0 bridgehead atoms. The molecule has 2 heteroatoms. The fourth-order valence-corrected chi connectivity index (χ4v) is 5.24. The van der Waals surface area contributed by atoms with Gasteiger partial charge >= 0.3 is 0 Å². The van der Waals surface area contributed by atoms with Crippen LogP contribution in [0.3, 0.4) is 0 Å².